The number of para-hydroxylation sites is 1. The van der Waals surface area contributed by atoms with E-state index >= 15 is 0 Å². The van der Waals surface area contributed by atoms with Crippen molar-refractivity contribution >= 4 is 29.1 Å². The maximum atomic E-state index is 12.9. The Balaban J connectivity index is 1.64. The summed E-state index contributed by atoms with van der Waals surface area (Å²) in [6.45, 7) is 0.180. The molecular weight excluding hydrogens is 380 g/mol. The van der Waals surface area contributed by atoms with E-state index < -0.39 is 12.3 Å². The maximum absolute atomic E-state index is 12.9. The maximum Gasteiger partial charge on any atom is 0.440 e. The second-order valence-electron chi connectivity index (χ2n) is 6.35. The zero-order chi connectivity index (χ0) is 19.1. The molecule has 2 heterocycles. The van der Waals surface area contributed by atoms with Crippen LogP contribution in [0.1, 0.15) is 11.7 Å². The van der Waals surface area contributed by atoms with E-state index in [0.29, 0.717) is 22.2 Å². The highest BCUT2D eigenvalue weighted by Crippen LogP contribution is 2.43. The molecule has 3 aromatic carbocycles. The molecule has 2 aliphatic heterocycles. The summed E-state index contributed by atoms with van der Waals surface area (Å²) in [7, 11) is 0. The highest BCUT2D eigenvalue weighted by Gasteiger charge is 2.43. The van der Waals surface area contributed by atoms with Crippen LogP contribution in [0, 0.1) is 0 Å². The van der Waals surface area contributed by atoms with Gasteiger partial charge in [-0.25, -0.2) is 9.69 Å². The number of amides is 1. The average molecular weight is 395 g/mol. The molecule has 7 heteroatoms. The smallest absolute Gasteiger partial charge is 0.440 e. The van der Waals surface area contributed by atoms with E-state index in [1.54, 1.807) is 28.2 Å². The Labute approximate surface area is 166 Å². The minimum absolute atomic E-state index is 0.180. The molecule has 0 radical (unpaired) electrons. The molecule has 0 unspecified atom stereocenters. The predicted molar refractivity (Wildman–Crippen MR) is 105 cm³/mol. The summed E-state index contributed by atoms with van der Waals surface area (Å²) in [5, 5.41) is 2.12. The number of hydroxylamine groups is 1. The second-order valence-corrected chi connectivity index (χ2v) is 6.79. The lowest BCUT2D eigenvalue weighted by molar-refractivity contribution is 0.164. The molecule has 28 heavy (non-hydrogen) atoms. The Hall–Kier alpha value is -3.38. The van der Waals surface area contributed by atoms with Crippen LogP contribution in [-0.2, 0) is 4.84 Å². The van der Waals surface area contributed by atoms with Crippen molar-refractivity contribution in [3.05, 3.63) is 83.4 Å². The van der Waals surface area contributed by atoms with Gasteiger partial charge in [-0.2, -0.15) is 5.06 Å². The molecule has 0 saturated carbocycles. The van der Waals surface area contributed by atoms with Gasteiger partial charge in [0.1, 0.15) is 0 Å². The number of rotatable bonds is 3. The van der Waals surface area contributed by atoms with Crippen molar-refractivity contribution < 1.29 is 19.1 Å². The number of anilines is 2. The number of halogens is 1. The topological polar surface area (TPSA) is 51.2 Å². The van der Waals surface area contributed by atoms with Crippen LogP contribution in [0.4, 0.5) is 16.2 Å². The largest absolute Gasteiger partial charge is 0.454 e. The molecule has 5 rings (SSSR count). The predicted octanol–water partition coefficient (Wildman–Crippen LogP) is 5.15. The van der Waals surface area contributed by atoms with Gasteiger partial charge < -0.3 is 14.3 Å². The number of nitrogens with zero attached hydrogens (tertiary/aromatic N) is 2. The molecule has 0 aliphatic carbocycles. The van der Waals surface area contributed by atoms with Crippen molar-refractivity contribution in [2.24, 2.45) is 0 Å². The van der Waals surface area contributed by atoms with Crippen molar-refractivity contribution in [1.82, 2.24) is 0 Å². The van der Waals surface area contributed by atoms with Crippen LogP contribution in [0.25, 0.3) is 0 Å². The minimum Gasteiger partial charge on any atom is -0.454 e. The number of ether oxygens (including phenoxy) is 2. The third kappa shape index (κ3) is 2.78. The molecule has 1 amide bonds. The number of fused-ring (bicyclic) bond motifs is 1. The minimum atomic E-state index is -0.539. The first-order valence-electron chi connectivity index (χ1n) is 8.71. The van der Waals surface area contributed by atoms with Gasteiger partial charge >= 0.3 is 6.09 Å². The Morgan fingerprint density at radius 2 is 1.64 bits per heavy atom. The van der Waals surface area contributed by atoms with Gasteiger partial charge in [0.05, 0.1) is 11.4 Å². The molecule has 0 bridgehead atoms. The summed E-state index contributed by atoms with van der Waals surface area (Å²) >= 11 is 6.17. The van der Waals surface area contributed by atoms with Crippen LogP contribution >= 0.6 is 11.6 Å². The van der Waals surface area contributed by atoms with Gasteiger partial charge in [-0.15, -0.1) is 0 Å². The summed E-state index contributed by atoms with van der Waals surface area (Å²) in [6, 6.07) is 22.2. The molecular formula is C21H15ClN2O4. The summed E-state index contributed by atoms with van der Waals surface area (Å²) in [5.74, 6) is 1.31. The molecule has 0 N–H and O–H groups in total. The SMILES string of the molecule is O=C1ON(c2ccccc2)[C@H](c2ccc3c(c2)OCO3)N1c1cccc(Cl)c1. The monoisotopic (exact) mass is 394 g/mol. The lowest BCUT2D eigenvalue weighted by atomic mass is 10.1. The third-order valence-electron chi connectivity index (χ3n) is 4.63. The summed E-state index contributed by atoms with van der Waals surface area (Å²) < 4.78 is 10.9. The number of carbonyl (C=O) groups is 1. The highest BCUT2D eigenvalue weighted by atomic mass is 35.5. The molecule has 0 spiro atoms. The number of benzene rings is 3. The summed E-state index contributed by atoms with van der Waals surface area (Å²) in [5.41, 5.74) is 2.21. The normalized spacial score (nSPS) is 17.8. The summed E-state index contributed by atoms with van der Waals surface area (Å²) in [4.78, 5) is 20.1. The third-order valence-corrected chi connectivity index (χ3v) is 4.87. The molecule has 1 saturated heterocycles. The van der Waals surface area contributed by atoms with Crippen molar-refractivity contribution in [3.8, 4) is 11.5 Å². The van der Waals surface area contributed by atoms with Gasteiger partial charge in [-0.1, -0.05) is 41.9 Å². The molecule has 1 atom stereocenters. The van der Waals surface area contributed by atoms with Crippen LogP contribution in [0.15, 0.2) is 72.8 Å². The first kappa shape index (κ1) is 16.8. The van der Waals surface area contributed by atoms with Crippen LogP contribution < -0.4 is 19.4 Å². The van der Waals surface area contributed by atoms with Crippen LogP contribution in [0.5, 0.6) is 11.5 Å². The van der Waals surface area contributed by atoms with E-state index in [1.807, 2.05) is 54.6 Å². The lowest BCUT2D eigenvalue weighted by Crippen LogP contribution is -2.31. The first-order chi connectivity index (χ1) is 13.7. The fraction of sp³-hybridized carbons (Fsp3) is 0.0952. The van der Waals surface area contributed by atoms with Crippen LogP contribution in [0.2, 0.25) is 5.02 Å². The zero-order valence-corrected chi connectivity index (χ0v) is 15.4. The van der Waals surface area contributed by atoms with Crippen molar-refractivity contribution in [3.63, 3.8) is 0 Å². The van der Waals surface area contributed by atoms with Gasteiger partial charge in [0.2, 0.25) is 6.79 Å². The van der Waals surface area contributed by atoms with Gasteiger partial charge in [-0.05, 0) is 42.5 Å². The van der Waals surface area contributed by atoms with E-state index in [9.17, 15) is 4.79 Å². The standard InChI is InChI=1S/C21H15ClN2O4/c22-15-5-4-8-17(12-15)23-20(14-9-10-18-19(11-14)27-13-26-18)24(28-21(23)25)16-6-2-1-3-7-16/h1-12,20H,13H2/t20-/m1/s1. The van der Waals surface area contributed by atoms with Crippen molar-refractivity contribution in [1.29, 1.82) is 0 Å². The van der Waals surface area contributed by atoms with Gasteiger partial charge in [0, 0.05) is 10.6 Å². The highest BCUT2D eigenvalue weighted by molar-refractivity contribution is 6.30. The van der Waals surface area contributed by atoms with Crippen LogP contribution in [0.3, 0.4) is 0 Å². The van der Waals surface area contributed by atoms with E-state index in [4.69, 9.17) is 25.9 Å². The fourth-order valence-corrected chi connectivity index (χ4v) is 3.57. The van der Waals surface area contributed by atoms with Gasteiger partial charge in [0.25, 0.3) is 0 Å². The Kier molecular flexibility index (Phi) is 3.98. The van der Waals surface area contributed by atoms with Gasteiger partial charge in [-0.3, -0.25) is 0 Å². The van der Waals surface area contributed by atoms with Crippen molar-refractivity contribution in [2.45, 2.75) is 6.17 Å². The van der Waals surface area contributed by atoms with E-state index in [1.165, 1.54) is 0 Å². The number of carbonyl (C=O) groups excluding carboxylic acids is 1. The summed E-state index contributed by atoms with van der Waals surface area (Å²) in [6.07, 6.45) is -1.03. The molecule has 3 aromatic rings. The Morgan fingerprint density at radius 1 is 0.857 bits per heavy atom. The molecule has 140 valence electrons. The lowest BCUT2D eigenvalue weighted by Gasteiger charge is -2.27. The molecule has 2 aliphatic rings. The molecule has 1 fully saturated rings. The molecule has 0 aromatic heterocycles. The van der Waals surface area contributed by atoms with Gasteiger partial charge in [0.15, 0.2) is 17.7 Å². The Bertz CT molecular complexity index is 1040. The number of hydrogen-bond acceptors (Lipinski definition) is 5. The van der Waals surface area contributed by atoms with E-state index in [0.717, 1.165) is 11.3 Å². The quantitative estimate of drug-likeness (QED) is 0.615. The van der Waals surface area contributed by atoms with E-state index in [2.05, 4.69) is 0 Å². The Morgan fingerprint density at radius 3 is 2.46 bits per heavy atom. The second kappa shape index (κ2) is 6.65. The fourth-order valence-electron chi connectivity index (χ4n) is 3.38. The van der Waals surface area contributed by atoms with Crippen LogP contribution in [-0.4, -0.2) is 12.9 Å². The average Bonchev–Trinajstić information content (AvgIpc) is 3.32. The van der Waals surface area contributed by atoms with Crippen molar-refractivity contribution in [2.75, 3.05) is 16.8 Å². The first-order valence-corrected chi connectivity index (χ1v) is 9.09. The van der Waals surface area contributed by atoms with E-state index in [-0.39, 0.29) is 6.79 Å². The zero-order valence-electron chi connectivity index (χ0n) is 14.6. The molecule has 6 nitrogen and oxygen atoms in total. The number of hydrogen-bond donors (Lipinski definition) is 0.